The number of anilines is 1. The number of rotatable bonds is 6. The lowest BCUT2D eigenvalue weighted by atomic mass is 10.2. The number of piperazine rings is 1. The van der Waals surface area contributed by atoms with E-state index in [9.17, 15) is 9.59 Å². The molecule has 1 heterocycles. The Morgan fingerprint density at radius 2 is 1.76 bits per heavy atom. The van der Waals surface area contributed by atoms with Gasteiger partial charge in [0.1, 0.15) is 5.75 Å². The molecule has 2 amide bonds. The molecule has 0 saturated carbocycles. The van der Waals surface area contributed by atoms with Crippen molar-refractivity contribution >= 4 is 29.1 Å². The van der Waals surface area contributed by atoms with Crippen LogP contribution in [0.25, 0.3) is 0 Å². The number of hydrogen-bond donors (Lipinski definition) is 1. The molecule has 2 aromatic carbocycles. The van der Waals surface area contributed by atoms with E-state index in [1.54, 1.807) is 29.2 Å². The summed E-state index contributed by atoms with van der Waals surface area (Å²) in [5.74, 6) is 0.362. The normalized spacial score (nSPS) is 14.1. The van der Waals surface area contributed by atoms with Crippen LogP contribution in [0.1, 0.15) is 24.2 Å². The van der Waals surface area contributed by atoms with Crippen LogP contribution in [0, 0.1) is 0 Å². The van der Waals surface area contributed by atoms with Gasteiger partial charge in [-0.3, -0.25) is 9.59 Å². The molecule has 1 aliphatic heterocycles. The van der Waals surface area contributed by atoms with Gasteiger partial charge in [0, 0.05) is 42.5 Å². The van der Waals surface area contributed by atoms with Crippen molar-refractivity contribution in [3.63, 3.8) is 0 Å². The van der Waals surface area contributed by atoms with Crippen molar-refractivity contribution < 1.29 is 14.3 Å². The molecular formula is C22H26ClN3O3. The lowest BCUT2D eigenvalue weighted by molar-refractivity contribution is -0.130. The zero-order valence-corrected chi connectivity index (χ0v) is 17.5. The largest absolute Gasteiger partial charge is 0.491 e. The van der Waals surface area contributed by atoms with Gasteiger partial charge in [-0.15, -0.1) is 0 Å². The quantitative estimate of drug-likeness (QED) is 0.787. The summed E-state index contributed by atoms with van der Waals surface area (Å²) in [4.78, 5) is 28.7. The Kier molecular flexibility index (Phi) is 6.99. The van der Waals surface area contributed by atoms with Gasteiger partial charge in [0.15, 0.2) is 0 Å². The Morgan fingerprint density at radius 1 is 1.07 bits per heavy atom. The molecule has 0 aromatic heterocycles. The molecule has 1 N–H and O–H groups in total. The van der Waals surface area contributed by atoms with Gasteiger partial charge in [0.05, 0.1) is 12.6 Å². The maximum atomic E-state index is 12.5. The lowest BCUT2D eigenvalue weighted by Crippen LogP contribution is -2.51. The maximum Gasteiger partial charge on any atom is 0.251 e. The highest BCUT2D eigenvalue weighted by Gasteiger charge is 2.21. The average molecular weight is 416 g/mol. The van der Waals surface area contributed by atoms with Crippen LogP contribution < -0.4 is 15.0 Å². The van der Waals surface area contributed by atoms with E-state index in [1.165, 1.54) is 0 Å². The third kappa shape index (κ3) is 5.87. The van der Waals surface area contributed by atoms with Crippen molar-refractivity contribution in [1.29, 1.82) is 0 Å². The molecule has 1 fully saturated rings. The Labute approximate surface area is 176 Å². The van der Waals surface area contributed by atoms with Gasteiger partial charge < -0.3 is 19.9 Å². The lowest BCUT2D eigenvalue weighted by Gasteiger charge is -2.36. The molecule has 6 nitrogen and oxygen atoms in total. The third-order valence-corrected chi connectivity index (χ3v) is 4.93. The van der Waals surface area contributed by atoms with Crippen LogP contribution in [0.4, 0.5) is 5.69 Å². The minimum absolute atomic E-state index is 0.0136. The summed E-state index contributed by atoms with van der Waals surface area (Å²) < 4.78 is 5.57. The fourth-order valence-corrected chi connectivity index (χ4v) is 3.40. The molecule has 3 rings (SSSR count). The number of amides is 2. The highest BCUT2D eigenvalue weighted by atomic mass is 35.5. The summed E-state index contributed by atoms with van der Waals surface area (Å²) in [6.07, 6.45) is 0.0756. The molecule has 154 valence electrons. The maximum absolute atomic E-state index is 12.5. The van der Waals surface area contributed by atoms with Crippen molar-refractivity contribution in [2.75, 3.05) is 37.6 Å². The molecule has 29 heavy (non-hydrogen) atoms. The van der Waals surface area contributed by atoms with Crippen molar-refractivity contribution in [2.24, 2.45) is 0 Å². The molecule has 0 radical (unpaired) electrons. The van der Waals surface area contributed by atoms with Gasteiger partial charge >= 0.3 is 0 Å². The highest BCUT2D eigenvalue weighted by molar-refractivity contribution is 6.30. The smallest absolute Gasteiger partial charge is 0.251 e. The Balaban J connectivity index is 1.45. The molecular weight excluding hydrogens is 390 g/mol. The molecule has 2 aromatic rings. The summed E-state index contributed by atoms with van der Waals surface area (Å²) in [5, 5.41) is 3.41. The van der Waals surface area contributed by atoms with E-state index in [0.29, 0.717) is 29.4 Å². The van der Waals surface area contributed by atoms with Gasteiger partial charge in [-0.05, 0) is 56.3 Å². The van der Waals surface area contributed by atoms with Crippen LogP contribution in [-0.2, 0) is 4.79 Å². The fourth-order valence-electron chi connectivity index (χ4n) is 3.21. The Bertz CT molecular complexity index is 847. The summed E-state index contributed by atoms with van der Waals surface area (Å²) in [5.41, 5.74) is 1.56. The Morgan fingerprint density at radius 3 is 2.38 bits per heavy atom. The van der Waals surface area contributed by atoms with Gasteiger partial charge in [-0.1, -0.05) is 17.7 Å². The SMILES string of the molecule is CC(C)Oc1ccc(C(=O)NCC(=O)N2CCN(c3cccc(Cl)c3)CC2)cc1. The Hall–Kier alpha value is -2.73. The van der Waals surface area contributed by atoms with Crippen LogP contribution in [-0.4, -0.2) is 55.5 Å². The second-order valence-electron chi connectivity index (χ2n) is 7.22. The number of carbonyl (C=O) groups is 2. The number of nitrogens with zero attached hydrogens (tertiary/aromatic N) is 2. The molecule has 7 heteroatoms. The minimum Gasteiger partial charge on any atom is -0.491 e. The predicted octanol–water partition coefficient (Wildman–Crippen LogP) is 3.21. The molecule has 1 saturated heterocycles. The van der Waals surface area contributed by atoms with E-state index < -0.39 is 0 Å². The zero-order valence-electron chi connectivity index (χ0n) is 16.7. The first kappa shape index (κ1) is 21.0. The first-order valence-electron chi connectivity index (χ1n) is 9.75. The van der Waals surface area contributed by atoms with Crippen LogP contribution in [0.15, 0.2) is 48.5 Å². The van der Waals surface area contributed by atoms with Gasteiger partial charge in [-0.25, -0.2) is 0 Å². The van der Waals surface area contributed by atoms with Crippen LogP contribution >= 0.6 is 11.6 Å². The first-order valence-corrected chi connectivity index (χ1v) is 10.1. The highest BCUT2D eigenvalue weighted by Crippen LogP contribution is 2.20. The molecule has 0 unspecified atom stereocenters. The van der Waals surface area contributed by atoms with Crippen molar-refractivity contribution in [2.45, 2.75) is 20.0 Å². The summed E-state index contributed by atoms with van der Waals surface area (Å²) in [6, 6.07) is 14.6. The monoisotopic (exact) mass is 415 g/mol. The van der Waals surface area contributed by atoms with Crippen LogP contribution in [0.2, 0.25) is 5.02 Å². The fraction of sp³-hybridized carbons (Fsp3) is 0.364. The number of halogens is 1. The summed E-state index contributed by atoms with van der Waals surface area (Å²) in [7, 11) is 0. The first-order chi connectivity index (χ1) is 13.9. The van der Waals surface area contributed by atoms with Gasteiger partial charge in [-0.2, -0.15) is 0 Å². The zero-order chi connectivity index (χ0) is 20.8. The van der Waals surface area contributed by atoms with E-state index in [1.807, 2.05) is 38.1 Å². The molecule has 0 bridgehead atoms. The van der Waals surface area contributed by atoms with Crippen LogP contribution in [0.3, 0.4) is 0 Å². The van der Waals surface area contributed by atoms with Crippen molar-refractivity contribution in [3.05, 3.63) is 59.1 Å². The number of carbonyl (C=O) groups excluding carboxylic acids is 2. The van der Waals surface area contributed by atoms with E-state index in [2.05, 4.69) is 10.2 Å². The summed E-state index contributed by atoms with van der Waals surface area (Å²) >= 11 is 6.06. The molecule has 1 aliphatic rings. The second-order valence-corrected chi connectivity index (χ2v) is 7.66. The van der Waals surface area contributed by atoms with Gasteiger partial charge in [0.2, 0.25) is 5.91 Å². The average Bonchev–Trinajstić information content (AvgIpc) is 2.72. The van der Waals surface area contributed by atoms with E-state index in [4.69, 9.17) is 16.3 Å². The van der Waals surface area contributed by atoms with E-state index in [0.717, 1.165) is 18.8 Å². The molecule has 0 atom stereocenters. The standard InChI is InChI=1S/C22H26ClN3O3/c1-16(2)29-20-8-6-17(7-9-20)22(28)24-15-21(27)26-12-10-25(11-13-26)19-5-3-4-18(23)14-19/h3-9,14,16H,10-13,15H2,1-2H3,(H,24,28). The van der Waals surface area contributed by atoms with Crippen molar-refractivity contribution in [3.8, 4) is 5.75 Å². The van der Waals surface area contributed by atoms with E-state index >= 15 is 0 Å². The summed E-state index contributed by atoms with van der Waals surface area (Å²) in [6.45, 7) is 6.57. The molecule has 0 aliphatic carbocycles. The van der Waals surface area contributed by atoms with Crippen LogP contribution in [0.5, 0.6) is 5.75 Å². The number of ether oxygens (including phenoxy) is 1. The third-order valence-electron chi connectivity index (χ3n) is 4.69. The minimum atomic E-state index is -0.271. The number of hydrogen-bond acceptors (Lipinski definition) is 4. The van der Waals surface area contributed by atoms with E-state index in [-0.39, 0.29) is 24.5 Å². The second kappa shape index (κ2) is 9.65. The topological polar surface area (TPSA) is 61.9 Å². The number of benzene rings is 2. The van der Waals surface area contributed by atoms with Crippen molar-refractivity contribution in [1.82, 2.24) is 10.2 Å². The van der Waals surface area contributed by atoms with Gasteiger partial charge in [0.25, 0.3) is 5.91 Å². The predicted molar refractivity (Wildman–Crippen MR) is 115 cm³/mol. The molecule has 0 spiro atoms. The number of nitrogens with one attached hydrogen (secondary N) is 1.